The second kappa shape index (κ2) is 8.84. The molecule has 2 aliphatic heterocycles. The molecule has 0 saturated carbocycles. The van der Waals surface area contributed by atoms with E-state index in [0.717, 1.165) is 49.1 Å². The summed E-state index contributed by atoms with van der Waals surface area (Å²) in [5.41, 5.74) is 3.51. The zero-order valence-corrected chi connectivity index (χ0v) is 17.7. The van der Waals surface area contributed by atoms with Gasteiger partial charge in [-0.1, -0.05) is 42.5 Å². The minimum Gasteiger partial charge on any atom is -0.378 e. The first kappa shape index (κ1) is 19.7. The fourth-order valence-corrected chi connectivity index (χ4v) is 4.46. The van der Waals surface area contributed by atoms with Crippen LogP contribution in [0.25, 0.3) is 6.08 Å². The number of amides is 1. The van der Waals surface area contributed by atoms with Crippen LogP contribution in [0.15, 0.2) is 64.5 Å². The number of carbonyl (C=O) groups is 1. The van der Waals surface area contributed by atoms with Crippen LogP contribution in [-0.2, 0) is 11.3 Å². The van der Waals surface area contributed by atoms with Crippen molar-refractivity contribution in [1.82, 2.24) is 9.80 Å². The number of nitrogens with zero attached hydrogens (tertiary/aromatic N) is 4. The molecule has 0 radical (unpaired) electrons. The van der Waals surface area contributed by atoms with E-state index in [-0.39, 0.29) is 5.91 Å². The molecule has 150 valence electrons. The highest BCUT2D eigenvalue weighted by Crippen LogP contribution is 2.31. The summed E-state index contributed by atoms with van der Waals surface area (Å²) in [5.74, 6) is -0.131. The smallest absolute Gasteiger partial charge is 0.286 e. The maximum Gasteiger partial charge on any atom is 0.286 e. The summed E-state index contributed by atoms with van der Waals surface area (Å²) in [4.78, 5) is 24.2. The zero-order chi connectivity index (χ0) is 20.2. The average Bonchev–Trinajstić information content (AvgIpc) is 3.10. The lowest BCUT2D eigenvalue weighted by Gasteiger charge is -2.35. The van der Waals surface area contributed by atoms with E-state index in [1.807, 2.05) is 32.3 Å². The summed E-state index contributed by atoms with van der Waals surface area (Å²) in [5, 5.41) is 0.838. The van der Waals surface area contributed by atoms with Gasteiger partial charge in [0, 0.05) is 52.5 Å². The molecule has 0 aliphatic carbocycles. The number of carbonyl (C=O) groups excluding carboxylic acids is 1. The Balaban J connectivity index is 1.34. The predicted octanol–water partition coefficient (Wildman–Crippen LogP) is 3.54. The van der Waals surface area contributed by atoms with Gasteiger partial charge in [-0.3, -0.25) is 9.69 Å². The van der Waals surface area contributed by atoms with Crippen LogP contribution in [0, 0.1) is 0 Å². The third-order valence-corrected chi connectivity index (χ3v) is 6.25. The number of aliphatic imine (C=N–C) groups is 1. The van der Waals surface area contributed by atoms with Gasteiger partial charge in [-0.15, -0.1) is 0 Å². The number of amidine groups is 1. The maximum atomic E-state index is 12.4. The Hall–Kier alpha value is -2.57. The summed E-state index contributed by atoms with van der Waals surface area (Å²) in [7, 11) is 4.03. The molecule has 2 aromatic rings. The topological polar surface area (TPSA) is 39.1 Å². The van der Waals surface area contributed by atoms with E-state index in [1.54, 1.807) is 0 Å². The Morgan fingerprint density at radius 1 is 1.00 bits per heavy atom. The number of hydrogen-bond acceptors (Lipinski definition) is 5. The second-order valence-electron chi connectivity index (χ2n) is 7.54. The Bertz CT molecular complexity index is 914. The van der Waals surface area contributed by atoms with Crippen molar-refractivity contribution >= 4 is 34.6 Å². The summed E-state index contributed by atoms with van der Waals surface area (Å²) < 4.78 is 0. The van der Waals surface area contributed by atoms with Gasteiger partial charge in [0.2, 0.25) is 0 Å². The van der Waals surface area contributed by atoms with Crippen LogP contribution in [0.4, 0.5) is 5.69 Å². The molecule has 0 atom stereocenters. The van der Waals surface area contributed by atoms with Crippen molar-refractivity contribution in [2.24, 2.45) is 4.99 Å². The molecule has 6 heteroatoms. The van der Waals surface area contributed by atoms with Gasteiger partial charge in [-0.2, -0.15) is 4.99 Å². The summed E-state index contributed by atoms with van der Waals surface area (Å²) >= 11 is 1.49. The lowest BCUT2D eigenvalue weighted by Crippen LogP contribution is -2.47. The molecule has 4 rings (SSSR count). The van der Waals surface area contributed by atoms with Crippen LogP contribution in [-0.4, -0.2) is 61.1 Å². The summed E-state index contributed by atoms with van der Waals surface area (Å²) in [6, 6.07) is 18.8. The normalized spacial score (nSPS) is 19.0. The maximum absolute atomic E-state index is 12.4. The van der Waals surface area contributed by atoms with Gasteiger partial charge in [-0.25, -0.2) is 0 Å². The molecular weight excluding hydrogens is 380 g/mol. The van der Waals surface area contributed by atoms with Crippen molar-refractivity contribution in [3.05, 3.63) is 70.6 Å². The minimum atomic E-state index is -0.131. The van der Waals surface area contributed by atoms with Crippen LogP contribution < -0.4 is 4.90 Å². The molecule has 2 heterocycles. The predicted molar refractivity (Wildman–Crippen MR) is 122 cm³/mol. The van der Waals surface area contributed by atoms with Crippen LogP contribution in [0.5, 0.6) is 0 Å². The molecule has 0 aromatic heterocycles. The highest BCUT2D eigenvalue weighted by Gasteiger charge is 2.28. The van der Waals surface area contributed by atoms with Crippen molar-refractivity contribution in [2.45, 2.75) is 6.54 Å². The number of rotatable bonds is 4. The first-order valence-corrected chi connectivity index (χ1v) is 10.7. The molecule has 0 bridgehead atoms. The van der Waals surface area contributed by atoms with Gasteiger partial charge in [0.1, 0.15) is 0 Å². The highest BCUT2D eigenvalue weighted by molar-refractivity contribution is 8.18. The van der Waals surface area contributed by atoms with Crippen molar-refractivity contribution in [2.75, 3.05) is 45.2 Å². The standard InChI is InChI=1S/C23H26N4OS/c1-25(2)20-10-8-18(9-11-20)16-21-22(28)24-23(29-21)27-14-12-26(13-15-27)17-19-6-4-3-5-7-19/h3-11,16H,12-15,17H2,1-2H3/b21-16+. The molecule has 2 aromatic carbocycles. The third-order valence-electron chi connectivity index (χ3n) is 5.21. The fourth-order valence-electron chi connectivity index (χ4n) is 3.49. The van der Waals surface area contributed by atoms with Crippen molar-refractivity contribution < 1.29 is 4.79 Å². The number of anilines is 1. The van der Waals surface area contributed by atoms with E-state index in [4.69, 9.17) is 0 Å². The molecule has 1 amide bonds. The zero-order valence-electron chi connectivity index (χ0n) is 16.9. The van der Waals surface area contributed by atoms with E-state index < -0.39 is 0 Å². The van der Waals surface area contributed by atoms with Gasteiger partial charge in [0.15, 0.2) is 5.17 Å². The largest absolute Gasteiger partial charge is 0.378 e. The fraction of sp³-hybridized carbons (Fsp3) is 0.304. The summed E-state index contributed by atoms with van der Waals surface area (Å²) in [6.45, 7) is 4.73. The van der Waals surface area contributed by atoms with Crippen molar-refractivity contribution in [1.29, 1.82) is 0 Å². The quantitative estimate of drug-likeness (QED) is 0.727. The Morgan fingerprint density at radius 3 is 2.34 bits per heavy atom. The Morgan fingerprint density at radius 2 is 1.69 bits per heavy atom. The average molecular weight is 407 g/mol. The molecule has 5 nitrogen and oxygen atoms in total. The van der Waals surface area contributed by atoms with E-state index in [0.29, 0.717) is 4.91 Å². The lowest BCUT2D eigenvalue weighted by molar-refractivity contribution is -0.113. The lowest BCUT2D eigenvalue weighted by atomic mass is 10.2. The molecule has 0 unspecified atom stereocenters. The van der Waals surface area contributed by atoms with Gasteiger partial charge in [0.25, 0.3) is 5.91 Å². The molecule has 29 heavy (non-hydrogen) atoms. The first-order chi connectivity index (χ1) is 14.1. The number of thioether (sulfide) groups is 1. The van der Waals surface area contributed by atoms with Crippen LogP contribution in [0.1, 0.15) is 11.1 Å². The third kappa shape index (κ3) is 4.89. The molecule has 1 saturated heterocycles. The van der Waals surface area contributed by atoms with E-state index >= 15 is 0 Å². The number of piperazine rings is 1. The van der Waals surface area contributed by atoms with E-state index in [2.05, 4.69) is 62.2 Å². The van der Waals surface area contributed by atoms with Crippen molar-refractivity contribution in [3.8, 4) is 0 Å². The molecule has 0 spiro atoms. The van der Waals surface area contributed by atoms with Gasteiger partial charge < -0.3 is 9.80 Å². The minimum absolute atomic E-state index is 0.131. The highest BCUT2D eigenvalue weighted by atomic mass is 32.2. The van der Waals surface area contributed by atoms with E-state index in [9.17, 15) is 4.79 Å². The SMILES string of the molecule is CN(C)c1ccc(/C=C2/SC(N3CCN(Cc4ccccc4)CC3)=NC2=O)cc1. The molecule has 0 N–H and O–H groups in total. The Kier molecular flexibility index (Phi) is 6.02. The van der Waals surface area contributed by atoms with E-state index in [1.165, 1.54) is 17.3 Å². The first-order valence-electron chi connectivity index (χ1n) is 9.90. The molecule has 2 aliphatic rings. The summed E-state index contributed by atoms with van der Waals surface area (Å²) in [6.07, 6.45) is 1.94. The second-order valence-corrected chi connectivity index (χ2v) is 8.55. The molecule has 1 fully saturated rings. The van der Waals surface area contributed by atoms with Crippen LogP contribution in [0.3, 0.4) is 0 Å². The monoisotopic (exact) mass is 406 g/mol. The number of hydrogen-bond donors (Lipinski definition) is 0. The molecular formula is C23H26N4OS. The van der Waals surface area contributed by atoms with Gasteiger partial charge >= 0.3 is 0 Å². The van der Waals surface area contributed by atoms with Gasteiger partial charge in [0.05, 0.1) is 4.91 Å². The van der Waals surface area contributed by atoms with Crippen molar-refractivity contribution in [3.63, 3.8) is 0 Å². The van der Waals surface area contributed by atoms with Crippen LogP contribution in [0.2, 0.25) is 0 Å². The van der Waals surface area contributed by atoms with Crippen LogP contribution >= 0.6 is 11.8 Å². The Labute approximate surface area is 176 Å². The number of benzene rings is 2. The van der Waals surface area contributed by atoms with Gasteiger partial charge in [-0.05, 0) is 41.1 Å².